The Morgan fingerprint density at radius 3 is 2.44 bits per heavy atom. The molecule has 0 atom stereocenters. The van der Waals surface area contributed by atoms with Crippen molar-refractivity contribution >= 4 is 35.1 Å². The minimum atomic E-state index is -0.261. The fourth-order valence-electron chi connectivity index (χ4n) is 3.21. The summed E-state index contributed by atoms with van der Waals surface area (Å²) in [6, 6.07) is 16.7. The lowest BCUT2D eigenvalue weighted by Crippen LogP contribution is -2.20. The molecule has 0 fully saturated rings. The van der Waals surface area contributed by atoms with Crippen LogP contribution in [0, 0.1) is 6.92 Å². The molecule has 164 valence electrons. The van der Waals surface area contributed by atoms with Crippen molar-refractivity contribution in [1.29, 1.82) is 0 Å². The van der Waals surface area contributed by atoms with Crippen molar-refractivity contribution in [3.8, 4) is 5.69 Å². The zero-order valence-electron chi connectivity index (χ0n) is 17.4. The van der Waals surface area contributed by atoms with Crippen molar-refractivity contribution in [3.05, 3.63) is 81.2 Å². The molecule has 2 aromatic heterocycles. The van der Waals surface area contributed by atoms with Gasteiger partial charge < -0.3 is 10.6 Å². The van der Waals surface area contributed by atoms with Crippen LogP contribution < -0.4 is 21.7 Å². The molecular formula is C21H21ClN8O2. The molecule has 0 aliphatic carbocycles. The van der Waals surface area contributed by atoms with Crippen LogP contribution in [0.25, 0.3) is 5.69 Å². The summed E-state index contributed by atoms with van der Waals surface area (Å²) in [5, 5.41) is 16.0. The van der Waals surface area contributed by atoms with E-state index < -0.39 is 0 Å². The maximum atomic E-state index is 13.1. The first-order valence-electron chi connectivity index (χ1n) is 9.72. The third-order valence-electron chi connectivity index (χ3n) is 4.87. The Bertz CT molecular complexity index is 1300. The van der Waals surface area contributed by atoms with Crippen LogP contribution in [-0.2, 0) is 13.6 Å². The second-order valence-corrected chi connectivity index (χ2v) is 7.40. The van der Waals surface area contributed by atoms with E-state index in [1.165, 1.54) is 0 Å². The van der Waals surface area contributed by atoms with Gasteiger partial charge in [-0.1, -0.05) is 41.9 Å². The Balaban J connectivity index is 1.63. The molecule has 2 aromatic carbocycles. The second kappa shape index (κ2) is 9.08. The standard InChI is InChI=1S/C21H21ClN8O2/c1-13-17(18(31)30(29(13)2)16-9-4-3-5-10-16)24-20-25-19(26-21(27-20)28-32)23-12-14-7-6-8-15(22)11-14/h3-11,32H,12H2,1-2H3,(H3,23,24,25,26,27,28). The van der Waals surface area contributed by atoms with Gasteiger partial charge in [0.2, 0.25) is 11.9 Å². The molecule has 11 heteroatoms. The Morgan fingerprint density at radius 1 is 1.00 bits per heavy atom. The average Bonchev–Trinajstić information content (AvgIpc) is 3.01. The molecule has 0 unspecified atom stereocenters. The first kappa shape index (κ1) is 21.3. The summed E-state index contributed by atoms with van der Waals surface area (Å²) in [5.41, 5.74) is 4.32. The minimum absolute atomic E-state index is 0.0759. The number of rotatable bonds is 7. The van der Waals surface area contributed by atoms with Crippen molar-refractivity contribution < 1.29 is 5.21 Å². The van der Waals surface area contributed by atoms with Crippen molar-refractivity contribution in [1.82, 2.24) is 24.3 Å². The monoisotopic (exact) mass is 452 g/mol. The number of benzene rings is 2. The van der Waals surface area contributed by atoms with Crippen molar-refractivity contribution in [2.75, 3.05) is 16.1 Å². The summed E-state index contributed by atoms with van der Waals surface area (Å²) < 4.78 is 3.28. The number of nitrogens with zero attached hydrogens (tertiary/aromatic N) is 5. The number of hydrogen-bond donors (Lipinski definition) is 4. The lowest BCUT2D eigenvalue weighted by atomic mass is 10.2. The highest BCUT2D eigenvalue weighted by Crippen LogP contribution is 2.19. The van der Waals surface area contributed by atoms with Crippen LogP contribution in [0.1, 0.15) is 11.3 Å². The van der Waals surface area contributed by atoms with Crippen LogP contribution in [0.3, 0.4) is 0 Å². The van der Waals surface area contributed by atoms with E-state index in [2.05, 4.69) is 25.6 Å². The Labute approximate surface area is 188 Å². The van der Waals surface area contributed by atoms with Gasteiger partial charge in [-0.05, 0) is 36.8 Å². The molecule has 0 amide bonds. The number of anilines is 4. The number of halogens is 1. The van der Waals surface area contributed by atoms with E-state index in [1.54, 1.807) is 22.5 Å². The van der Waals surface area contributed by atoms with Crippen molar-refractivity contribution in [2.24, 2.45) is 7.05 Å². The maximum Gasteiger partial charge on any atom is 0.295 e. The van der Waals surface area contributed by atoms with Gasteiger partial charge in [-0.25, -0.2) is 10.2 Å². The number of para-hydroxylation sites is 1. The van der Waals surface area contributed by atoms with E-state index in [9.17, 15) is 10.0 Å². The lowest BCUT2D eigenvalue weighted by molar-refractivity contribution is 0.382. The molecule has 0 saturated heterocycles. The predicted octanol–water partition coefficient (Wildman–Crippen LogP) is 3.48. The SMILES string of the molecule is Cc1c(Nc2nc(NO)nc(NCc3cccc(Cl)c3)n2)c(=O)n(-c2ccccc2)n1C. The van der Waals surface area contributed by atoms with Gasteiger partial charge in [0, 0.05) is 18.6 Å². The maximum absolute atomic E-state index is 13.1. The highest BCUT2D eigenvalue weighted by atomic mass is 35.5. The summed E-state index contributed by atoms with van der Waals surface area (Å²) in [7, 11) is 1.79. The molecule has 10 nitrogen and oxygen atoms in total. The number of hydrogen-bond acceptors (Lipinski definition) is 8. The molecule has 4 rings (SSSR count). The van der Waals surface area contributed by atoms with Gasteiger partial charge in [0.15, 0.2) is 0 Å². The van der Waals surface area contributed by atoms with Gasteiger partial charge in [0.1, 0.15) is 5.69 Å². The highest BCUT2D eigenvalue weighted by molar-refractivity contribution is 6.30. The molecule has 2 heterocycles. The van der Waals surface area contributed by atoms with Gasteiger partial charge in [-0.3, -0.25) is 14.7 Å². The molecular weight excluding hydrogens is 432 g/mol. The topological polar surface area (TPSA) is 122 Å². The average molecular weight is 453 g/mol. The number of nitrogens with one attached hydrogen (secondary N) is 3. The summed E-state index contributed by atoms with van der Waals surface area (Å²) in [6.07, 6.45) is 0. The van der Waals surface area contributed by atoms with E-state index in [1.807, 2.05) is 60.9 Å². The third-order valence-corrected chi connectivity index (χ3v) is 5.10. The molecule has 0 saturated carbocycles. The largest absolute Gasteiger partial charge is 0.350 e. The first-order valence-corrected chi connectivity index (χ1v) is 10.1. The van der Waals surface area contributed by atoms with E-state index in [4.69, 9.17) is 11.6 Å². The van der Waals surface area contributed by atoms with E-state index in [0.717, 1.165) is 11.3 Å². The van der Waals surface area contributed by atoms with Gasteiger partial charge >= 0.3 is 0 Å². The predicted molar refractivity (Wildman–Crippen MR) is 123 cm³/mol. The zero-order valence-corrected chi connectivity index (χ0v) is 18.1. The fourth-order valence-corrected chi connectivity index (χ4v) is 3.43. The van der Waals surface area contributed by atoms with Crippen molar-refractivity contribution in [2.45, 2.75) is 13.5 Å². The summed E-state index contributed by atoms with van der Waals surface area (Å²) >= 11 is 6.02. The van der Waals surface area contributed by atoms with Crippen LogP contribution in [0.4, 0.5) is 23.5 Å². The van der Waals surface area contributed by atoms with E-state index in [-0.39, 0.29) is 23.4 Å². The normalized spacial score (nSPS) is 10.8. The summed E-state index contributed by atoms with van der Waals surface area (Å²) in [4.78, 5) is 25.6. The summed E-state index contributed by atoms with van der Waals surface area (Å²) in [5.74, 6) is 0.222. The molecule has 0 spiro atoms. The lowest BCUT2D eigenvalue weighted by Gasteiger charge is -2.09. The van der Waals surface area contributed by atoms with Crippen molar-refractivity contribution in [3.63, 3.8) is 0 Å². The van der Waals surface area contributed by atoms with Crippen LogP contribution in [0.15, 0.2) is 59.4 Å². The van der Waals surface area contributed by atoms with Gasteiger partial charge in [-0.2, -0.15) is 15.0 Å². The van der Waals surface area contributed by atoms with Gasteiger partial charge in [-0.15, -0.1) is 0 Å². The van der Waals surface area contributed by atoms with E-state index >= 15 is 0 Å². The highest BCUT2D eigenvalue weighted by Gasteiger charge is 2.18. The molecule has 32 heavy (non-hydrogen) atoms. The van der Waals surface area contributed by atoms with Crippen LogP contribution in [0.2, 0.25) is 5.02 Å². The molecule has 4 N–H and O–H groups in total. The molecule has 0 bridgehead atoms. The van der Waals surface area contributed by atoms with E-state index in [0.29, 0.717) is 22.9 Å². The number of aromatic nitrogens is 5. The third kappa shape index (κ3) is 4.41. The smallest absolute Gasteiger partial charge is 0.295 e. The Morgan fingerprint density at radius 2 is 1.72 bits per heavy atom. The van der Waals surface area contributed by atoms with Crippen LogP contribution in [-0.4, -0.2) is 29.5 Å². The Hall–Kier alpha value is -3.89. The Kier molecular flexibility index (Phi) is 6.06. The molecule has 0 radical (unpaired) electrons. The molecule has 0 aliphatic heterocycles. The summed E-state index contributed by atoms with van der Waals surface area (Å²) in [6.45, 7) is 2.22. The fraction of sp³-hybridized carbons (Fsp3) is 0.143. The molecule has 0 aliphatic rings. The van der Waals surface area contributed by atoms with Crippen LogP contribution >= 0.6 is 11.6 Å². The quantitative estimate of drug-likeness (QED) is 0.314. The molecule has 4 aromatic rings. The minimum Gasteiger partial charge on any atom is -0.350 e. The second-order valence-electron chi connectivity index (χ2n) is 6.96. The van der Waals surface area contributed by atoms with Crippen LogP contribution in [0.5, 0.6) is 0 Å². The first-order chi connectivity index (χ1) is 15.5. The zero-order chi connectivity index (χ0) is 22.7. The van der Waals surface area contributed by atoms with Gasteiger partial charge in [0.05, 0.1) is 11.4 Å². The van der Waals surface area contributed by atoms with Gasteiger partial charge in [0.25, 0.3) is 11.5 Å².